The Hall–Kier alpha value is -2.74. The van der Waals surface area contributed by atoms with Crippen molar-refractivity contribution in [1.29, 1.82) is 0 Å². The Kier molecular flexibility index (Phi) is 6.08. The molecule has 1 aliphatic rings. The first-order valence-corrected chi connectivity index (χ1v) is 9.42. The van der Waals surface area contributed by atoms with Gasteiger partial charge in [-0.15, -0.1) is 0 Å². The second-order valence-corrected chi connectivity index (χ2v) is 7.39. The molecule has 0 saturated carbocycles. The Morgan fingerprint density at radius 2 is 2.04 bits per heavy atom. The minimum absolute atomic E-state index is 0.00831. The largest absolute Gasteiger partial charge is 0.455 e. The average Bonchev–Trinajstić information content (AvgIpc) is 3.04. The maximum absolute atomic E-state index is 13.7. The number of carbonyl (C=O) groups excluding carboxylic acids is 3. The van der Waals surface area contributed by atoms with Gasteiger partial charge in [-0.1, -0.05) is 34.1 Å². The topological polar surface area (TPSA) is 75.7 Å². The van der Waals surface area contributed by atoms with Crippen molar-refractivity contribution < 1.29 is 23.5 Å². The molecule has 3 rings (SSSR count). The van der Waals surface area contributed by atoms with Gasteiger partial charge in [0.05, 0.1) is 11.6 Å². The number of rotatable bonds is 5. The van der Waals surface area contributed by atoms with Crippen molar-refractivity contribution in [2.75, 3.05) is 23.4 Å². The molecule has 2 aromatic rings. The second kappa shape index (κ2) is 8.52. The molecule has 1 aliphatic heterocycles. The van der Waals surface area contributed by atoms with Crippen LogP contribution in [0.2, 0.25) is 0 Å². The highest BCUT2D eigenvalue weighted by Gasteiger charge is 2.36. The fourth-order valence-electron chi connectivity index (χ4n) is 3.00. The normalized spacial score (nSPS) is 16.2. The molecule has 1 unspecified atom stereocenters. The van der Waals surface area contributed by atoms with Gasteiger partial charge in [0.25, 0.3) is 5.91 Å². The van der Waals surface area contributed by atoms with E-state index >= 15 is 0 Å². The van der Waals surface area contributed by atoms with E-state index in [1.54, 1.807) is 11.0 Å². The van der Waals surface area contributed by atoms with Crippen LogP contribution in [0.15, 0.2) is 46.9 Å². The molecule has 1 heterocycles. The van der Waals surface area contributed by atoms with Crippen LogP contribution in [0.4, 0.5) is 15.8 Å². The molecule has 0 spiro atoms. The lowest BCUT2D eigenvalue weighted by molar-refractivity contribution is -0.151. The van der Waals surface area contributed by atoms with E-state index in [9.17, 15) is 18.8 Å². The van der Waals surface area contributed by atoms with Crippen molar-refractivity contribution in [3.05, 3.63) is 58.3 Å². The first-order valence-electron chi connectivity index (χ1n) is 8.62. The molecule has 0 radical (unpaired) electrons. The van der Waals surface area contributed by atoms with Crippen LogP contribution in [0, 0.1) is 18.7 Å². The number of carbonyl (C=O) groups is 3. The number of nitrogens with one attached hydrogen (secondary N) is 1. The Bertz CT molecular complexity index is 934. The number of benzene rings is 2. The first kappa shape index (κ1) is 20.0. The van der Waals surface area contributed by atoms with Gasteiger partial charge >= 0.3 is 5.97 Å². The predicted molar refractivity (Wildman–Crippen MR) is 105 cm³/mol. The standard InChI is InChI=1S/C20H18BrFN2O4/c1-12-4-2-3-5-17(12)24-10-13(8-19(24)26)20(27)28-11-18(25)23-16-7-6-14(21)9-15(16)22/h2-7,9,13H,8,10-11H2,1H3,(H,23,25). The van der Waals surface area contributed by atoms with E-state index in [1.165, 1.54) is 12.1 Å². The van der Waals surface area contributed by atoms with E-state index in [0.29, 0.717) is 4.47 Å². The lowest BCUT2D eigenvalue weighted by Gasteiger charge is -2.18. The summed E-state index contributed by atoms with van der Waals surface area (Å²) in [4.78, 5) is 38.0. The van der Waals surface area contributed by atoms with Gasteiger partial charge in [0.1, 0.15) is 5.82 Å². The average molecular weight is 449 g/mol. The fourth-order valence-corrected chi connectivity index (χ4v) is 3.33. The monoisotopic (exact) mass is 448 g/mol. The highest BCUT2D eigenvalue weighted by atomic mass is 79.9. The Balaban J connectivity index is 1.54. The summed E-state index contributed by atoms with van der Waals surface area (Å²) in [6.07, 6.45) is 0.0239. The van der Waals surface area contributed by atoms with Crippen LogP contribution in [-0.2, 0) is 19.1 Å². The number of nitrogens with zero attached hydrogens (tertiary/aromatic N) is 1. The van der Waals surface area contributed by atoms with Crippen LogP contribution in [0.25, 0.3) is 0 Å². The number of hydrogen-bond donors (Lipinski definition) is 1. The van der Waals surface area contributed by atoms with Gasteiger partial charge in [0, 0.05) is 23.1 Å². The smallest absolute Gasteiger partial charge is 0.311 e. The van der Waals surface area contributed by atoms with Crippen molar-refractivity contribution in [2.45, 2.75) is 13.3 Å². The van der Waals surface area contributed by atoms with Gasteiger partial charge in [-0.3, -0.25) is 14.4 Å². The van der Waals surface area contributed by atoms with Gasteiger partial charge in [0.2, 0.25) is 5.91 Å². The molecule has 146 valence electrons. The summed E-state index contributed by atoms with van der Waals surface area (Å²) in [6.45, 7) is 1.54. The highest BCUT2D eigenvalue weighted by molar-refractivity contribution is 9.10. The van der Waals surface area contributed by atoms with Crippen molar-refractivity contribution in [3.8, 4) is 0 Å². The molecule has 0 aliphatic carbocycles. The van der Waals surface area contributed by atoms with Crippen molar-refractivity contribution in [1.82, 2.24) is 0 Å². The molecule has 1 N–H and O–H groups in total. The summed E-state index contributed by atoms with van der Waals surface area (Å²) in [5.41, 5.74) is 1.68. The van der Waals surface area contributed by atoms with E-state index in [0.717, 1.165) is 11.3 Å². The molecule has 1 saturated heterocycles. The lowest BCUT2D eigenvalue weighted by atomic mass is 10.1. The third-order valence-electron chi connectivity index (χ3n) is 4.42. The molecule has 28 heavy (non-hydrogen) atoms. The Labute approximate surface area is 169 Å². The highest BCUT2D eigenvalue weighted by Crippen LogP contribution is 2.28. The van der Waals surface area contributed by atoms with Crippen LogP contribution < -0.4 is 10.2 Å². The van der Waals surface area contributed by atoms with E-state index in [4.69, 9.17) is 4.74 Å². The number of aryl methyl sites for hydroxylation is 1. The number of hydrogen-bond acceptors (Lipinski definition) is 4. The van der Waals surface area contributed by atoms with E-state index in [-0.39, 0.29) is 24.6 Å². The number of ether oxygens (including phenoxy) is 1. The van der Waals surface area contributed by atoms with Crippen molar-refractivity contribution in [2.24, 2.45) is 5.92 Å². The Morgan fingerprint density at radius 3 is 2.75 bits per heavy atom. The lowest BCUT2D eigenvalue weighted by Crippen LogP contribution is -2.28. The van der Waals surface area contributed by atoms with E-state index < -0.39 is 30.2 Å². The molecule has 0 aromatic heterocycles. The number of amides is 2. The number of halogens is 2. The summed E-state index contributed by atoms with van der Waals surface area (Å²) in [6, 6.07) is 11.6. The maximum atomic E-state index is 13.7. The molecule has 1 atom stereocenters. The quantitative estimate of drug-likeness (QED) is 0.710. The minimum Gasteiger partial charge on any atom is -0.455 e. The number of esters is 1. The van der Waals surface area contributed by atoms with Crippen LogP contribution in [0.3, 0.4) is 0 Å². The summed E-state index contributed by atoms with van der Waals surface area (Å²) >= 11 is 3.13. The summed E-state index contributed by atoms with van der Waals surface area (Å²) < 4.78 is 19.3. The van der Waals surface area contributed by atoms with Gasteiger partial charge in [-0.2, -0.15) is 0 Å². The first-order chi connectivity index (χ1) is 13.3. The molecule has 8 heteroatoms. The third-order valence-corrected chi connectivity index (χ3v) is 4.91. The van der Waals surface area contributed by atoms with Gasteiger partial charge < -0.3 is 15.0 Å². The van der Waals surface area contributed by atoms with Gasteiger partial charge in [-0.05, 0) is 36.8 Å². The molecule has 0 bridgehead atoms. The summed E-state index contributed by atoms with van der Waals surface area (Å²) in [5.74, 6) is -2.71. The van der Waals surface area contributed by atoms with E-state index in [2.05, 4.69) is 21.2 Å². The zero-order valence-electron chi connectivity index (χ0n) is 15.1. The fraction of sp³-hybridized carbons (Fsp3) is 0.250. The maximum Gasteiger partial charge on any atom is 0.311 e. The molecule has 1 fully saturated rings. The van der Waals surface area contributed by atoms with Crippen molar-refractivity contribution >= 4 is 45.1 Å². The molecular weight excluding hydrogens is 431 g/mol. The van der Waals surface area contributed by atoms with Gasteiger partial charge in [0.15, 0.2) is 6.61 Å². The molecule has 2 amide bonds. The SMILES string of the molecule is Cc1ccccc1N1CC(C(=O)OCC(=O)Nc2ccc(Br)cc2F)CC1=O. The molecule has 2 aromatic carbocycles. The molecular formula is C20H18BrFN2O4. The zero-order valence-corrected chi connectivity index (χ0v) is 16.7. The van der Waals surface area contributed by atoms with Crippen molar-refractivity contribution in [3.63, 3.8) is 0 Å². The molecule has 6 nitrogen and oxygen atoms in total. The van der Waals surface area contributed by atoms with Crippen LogP contribution >= 0.6 is 15.9 Å². The summed E-state index contributed by atoms with van der Waals surface area (Å²) in [5, 5.41) is 2.34. The van der Waals surface area contributed by atoms with Crippen LogP contribution in [0.1, 0.15) is 12.0 Å². The second-order valence-electron chi connectivity index (χ2n) is 6.47. The summed E-state index contributed by atoms with van der Waals surface area (Å²) in [7, 11) is 0. The predicted octanol–water partition coefficient (Wildman–Crippen LogP) is 3.43. The number of anilines is 2. The number of para-hydroxylation sites is 1. The minimum atomic E-state index is -0.658. The zero-order chi connectivity index (χ0) is 20.3. The third kappa shape index (κ3) is 4.56. The van der Waals surface area contributed by atoms with E-state index in [1.807, 2.05) is 31.2 Å². The van der Waals surface area contributed by atoms with Crippen LogP contribution in [0.5, 0.6) is 0 Å². The van der Waals surface area contributed by atoms with Gasteiger partial charge in [-0.25, -0.2) is 4.39 Å². The Morgan fingerprint density at radius 1 is 1.29 bits per heavy atom. The van der Waals surface area contributed by atoms with Crippen LogP contribution in [-0.4, -0.2) is 30.9 Å².